The minimum absolute atomic E-state index is 0.0531. The zero-order valence-electron chi connectivity index (χ0n) is 9.47. The van der Waals surface area contributed by atoms with E-state index >= 15 is 0 Å². The molecule has 1 aliphatic heterocycles. The Hall–Kier alpha value is -0.400. The Morgan fingerprint density at radius 2 is 2.29 bits per heavy atom. The number of nitrogens with zero attached hydrogens (tertiary/aromatic N) is 2. The highest BCUT2D eigenvalue weighted by Gasteiger charge is 2.32. The Balaban J connectivity index is 2.29. The van der Waals surface area contributed by atoms with E-state index in [9.17, 15) is 8.42 Å². The van der Waals surface area contributed by atoms with Crippen LogP contribution in [0.25, 0.3) is 0 Å². The lowest BCUT2D eigenvalue weighted by Gasteiger charge is -2.27. The Morgan fingerprint density at radius 3 is 2.94 bits per heavy atom. The summed E-state index contributed by atoms with van der Waals surface area (Å²) in [6, 6.07) is 0.0531. The van der Waals surface area contributed by atoms with Crippen molar-refractivity contribution in [2.45, 2.75) is 36.6 Å². The Kier molecular flexibility index (Phi) is 4.22. The molecule has 0 aliphatic carbocycles. The molecule has 1 fully saturated rings. The van der Waals surface area contributed by atoms with Crippen molar-refractivity contribution in [3.63, 3.8) is 0 Å². The highest BCUT2D eigenvalue weighted by molar-refractivity contribution is 9.09. The first kappa shape index (κ1) is 13.0. The molecule has 17 heavy (non-hydrogen) atoms. The fraction of sp³-hybridized carbons (Fsp3) is 0.700. The zero-order chi connectivity index (χ0) is 12.3. The van der Waals surface area contributed by atoms with Crippen LogP contribution in [0.15, 0.2) is 17.3 Å². The number of hydrogen-bond acceptors (Lipinski definition) is 3. The predicted octanol–water partition coefficient (Wildman–Crippen LogP) is 1.74. The third kappa shape index (κ3) is 2.71. The molecule has 2 heterocycles. The van der Waals surface area contributed by atoms with Crippen molar-refractivity contribution in [2.75, 3.05) is 11.9 Å². The molecule has 1 aromatic rings. The molecular weight excluding hydrogens is 306 g/mol. The van der Waals surface area contributed by atoms with Crippen LogP contribution in [0, 0.1) is 0 Å². The number of aromatic nitrogens is 2. The van der Waals surface area contributed by atoms with Gasteiger partial charge in [0.2, 0.25) is 10.0 Å². The van der Waals surface area contributed by atoms with E-state index in [1.54, 1.807) is 4.31 Å². The number of hydrogen-bond donors (Lipinski definition) is 1. The topological polar surface area (TPSA) is 66.1 Å². The first-order valence-electron chi connectivity index (χ1n) is 5.73. The van der Waals surface area contributed by atoms with Crippen LogP contribution in [0.4, 0.5) is 0 Å². The largest absolute Gasteiger partial charge is 0.284 e. The van der Waals surface area contributed by atoms with Gasteiger partial charge in [0.25, 0.3) is 0 Å². The third-order valence-corrected chi connectivity index (χ3v) is 5.75. The molecule has 7 heteroatoms. The normalized spacial score (nSPS) is 23.5. The van der Waals surface area contributed by atoms with Gasteiger partial charge in [0, 0.05) is 24.1 Å². The highest BCUT2D eigenvalue weighted by atomic mass is 79.9. The zero-order valence-corrected chi connectivity index (χ0v) is 11.9. The highest BCUT2D eigenvalue weighted by Crippen LogP contribution is 2.25. The van der Waals surface area contributed by atoms with E-state index in [2.05, 4.69) is 26.1 Å². The number of halogens is 1. The molecule has 0 aromatic carbocycles. The summed E-state index contributed by atoms with van der Waals surface area (Å²) in [6.45, 7) is 0.601. The lowest BCUT2D eigenvalue weighted by Crippen LogP contribution is -2.40. The van der Waals surface area contributed by atoms with Gasteiger partial charge in [0.05, 0.1) is 6.20 Å². The molecule has 5 nitrogen and oxygen atoms in total. The second kappa shape index (κ2) is 5.49. The van der Waals surface area contributed by atoms with Crippen LogP contribution < -0.4 is 0 Å². The van der Waals surface area contributed by atoms with Gasteiger partial charge < -0.3 is 0 Å². The minimum atomic E-state index is -3.39. The Bertz CT molecular complexity index is 446. The van der Waals surface area contributed by atoms with Gasteiger partial charge in [-0.2, -0.15) is 9.40 Å². The fourth-order valence-electron chi connectivity index (χ4n) is 2.14. The maximum absolute atomic E-state index is 12.4. The maximum Gasteiger partial charge on any atom is 0.246 e. The van der Waals surface area contributed by atoms with E-state index in [1.165, 1.54) is 12.4 Å². The molecule has 0 amide bonds. The van der Waals surface area contributed by atoms with Gasteiger partial charge in [0.15, 0.2) is 0 Å². The SMILES string of the molecule is O=S(=O)(c1cn[nH]c1)N1CCCCCC1CBr. The average molecular weight is 322 g/mol. The van der Waals surface area contributed by atoms with Gasteiger partial charge in [0.1, 0.15) is 4.90 Å². The molecular formula is C10H16BrN3O2S. The monoisotopic (exact) mass is 321 g/mol. The predicted molar refractivity (Wildman–Crippen MR) is 68.5 cm³/mol. The van der Waals surface area contributed by atoms with E-state index in [0.717, 1.165) is 25.7 Å². The van der Waals surface area contributed by atoms with Crippen LogP contribution >= 0.6 is 15.9 Å². The van der Waals surface area contributed by atoms with E-state index in [4.69, 9.17) is 0 Å². The number of H-pyrrole nitrogens is 1. The van der Waals surface area contributed by atoms with Crippen LogP contribution in [-0.4, -0.2) is 40.8 Å². The Labute approximate surface area is 110 Å². The smallest absolute Gasteiger partial charge is 0.246 e. The van der Waals surface area contributed by atoms with E-state index in [1.807, 2.05) is 0 Å². The summed E-state index contributed by atoms with van der Waals surface area (Å²) >= 11 is 3.41. The van der Waals surface area contributed by atoms with Crippen LogP contribution in [0.2, 0.25) is 0 Å². The molecule has 1 N–H and O–H groups in total. The van der Waals surface area contributed by atoms with Gasteiger partial charge in [-0.05, 0) is 12.8 Å². The molecule has 1 aromatic heterocycles. The summed E-state index contributed by atoms with van der Waals surface area (Å²) in [5.41, 5.74) is 0. The van der Waals surface area contributed by atoms with Crippen LogP contribution in [0.1, 0.15) is 25.7 Å². The fourth-order valence-corrected chi connectivity index (χ4v) is 4.60. The van der Waals surface area contributed by atoms with E-state index < -0.39 is 10.0 Å². The van der Waals surface area contributed by atoms with Crippen molar-refractivity contribution in [1.29, 1.82) is 0 Å². The van der Waals surface area contributed by atoms with Gasteiger partial charge in [-0.25, -0.2) is 8.42 Å². The molecule has 1 saturated heterocycles. The standard InChI is InChI=1S/C10H16BrN3O2S/c11-6-9-4-2-1-3-5-14(9)17(15,16)10-7-12-13-8-10/h7-9H,1-6H2,(H,12,13). The number of sulfonamides is 1. The van der Waals surface area contributed by atoms with E-state index in [-0.39, 0.29) is 10.9 Å². The van der Waals surface area contributed by atoms with Crippen molar-refractivity contribution >= 4 is 26.0 Å². The van der Waals surface area contributed by atoms with Crippen molar-refractivity contribution < 1.29 is 8.42 Å². The van der Waals surface area contributed by atoms with Crippen molar-refractivity contribution in [3.8, 4) is 0 Å². The van der Waals surface area contributed by atoms with Crippen LogP contribution in [-0.2, 0) is 10.0 Å². The van der Waals surface area contributed by atoms with Crippen LogP contribution in [0.5, 0.6) is 0 Å². The quantitative estimate of drug-likeness (QED) is 0.862. The molecule has 0 bridgehead atoms. The van der Waals surface area contributed by atoms with Gasteiger partial charge >= 0.3 is 0 Å². The summed E-state index contributed by atoms with van der Waals surface area (Å²) in [5, 5.41) is 6.96. The average Bonchev–Trinajstić information content (AvgIpc) is 2.74. The molecule has 1 aliphatic rings. The van der Waals surface area contributed by atoms with Gasteiger partial charge in [-0.3, -0.25) is 5.10 Å². The molecule has 0 radical (unpaired) electrons. The van der Waals surface area contributed by atoms with E-state index in [0.29, 0.717) is 11.9 Å². The first-order valence-corrected chi connectivity index (χ1v) is 8.29. The molecule has 2 rings (SSSR count). The number of rotatable bonds is 3. The molecule has 0 saturated carbocycles. The summed E-state index contributed by atoms with van der Waals surface area (Å²) in [6.07, 6.45) is 6.84. The number of nitrogens with one attached hydrogen (secondary N) is 1. The molecule has 96 valence electrons. The Morgan fingerprint density at radius 1 is 1.47 bits per heavy atom. The summed E-state index contributed by atoms with van der Waals surface area (Å²) in [4.78, 5) is 0.255. The lowest BCUT2D eigenvalue weighted by atomic mass is 10.1. The van der Waals surface area contributed by atoms with Crippen molar-refractivity contribution in [2.24, 2.45) is 0 Å². The summed E-state index contributed by atoms with van der Waals surface area (Å²) in [5.74, 6) is 0. The minimum Gasteiger partial charge on any atom is -0.284 e. The number of alkyl halides is 1. The first-order chi connectivity index (χ1) is 8.16. The maximum atomic E-state index is 12.4. The van der Waals surface area contributed by atoms with Crippen LogP contribution in [0.3, 0.4) is 0 Å². The third-order valence-electron chi connectivity index (χ3n) is 3.08. The summed E-state index contributed by atoms with van der Waals surface area (Å²) < 4.78 is 26.4. The van der Waals surface area contributed by atoms with Gasteiger partial charge in [-0.15, -0.1) is 0 Å². The van der Waals surface area contributed by atoms with Gasteiger partial charge in [-0.1, -0.05) is 28.8 Å². The number of aromatic amines is 1. The molecule has 1 unspecified atom stereocenters. The van der Waals surface area contributed by atoms with Crippen molar-refractivity contribution in [1.82, 2.24) is 14.5 Å². The molecule has 1 atom stereocenters. The van der Waals surface area contributed by atoms with Crippen molar-refractivity contribution in [3.05, 3.63) is 12.4 Å². The second-order valence-corrected chi connectivity index (χ2v) is 6.75. The lowest BCUT2D eigenvalue weighted by molar-refractivity contribution is 0.347. The summed E-state index contributed by atoms with van der Waals surface area (Å²) in [7, 11) is -3.39. The molecule has 0 spiro atoms. The second-order valence-electron chi connectivity index (χ2n) is 4.21.